The van der Waals surface area contributed by atoms with Gasteiger partial charge in [0.2, 0.25) is 0 Å². The lowest BCUT2D eigenvalue weighted by atomic mass is 10.2. The summed E-state index contributed by atoms with van der Waals surface area (Å²) in [5, 5.41) is 13.3. The summed E-state index contributed by atoms with van der Waals surface area (Å²) in [5.74, 6) is -0.0149. The van der Waals surface area contributed by atoms with E-state index in [-0.39, 0.29) is 5.91 Å². The van der Waals surface area contributed by atoms with Gasteiger partial charge in [0.25, 0.3) is 5.91 Å². The van der Waals surface area contributed by atoms with Crippen LogP contribution in [0.25, 0.3) is 0 Å². The fourth-order valence-electron chi connectivity index (χ4n) is 2.08. The number of aromatic nitrogens is 1. The maximum Gasteiger partial charge on any atom is 0.257 e. The Labute approximate surface area is 125 Å². The van der Waals surface area contributed by atoms with E-state index in [4.69, 9.17) is 0 Å². The van der Waals surface area contributed by atoms with Crippen molar-refractivity contribution in [2.45, 2.75) is 0 Å². The largest absolute Gasteiger partial charge is 0.314 e. The summed E-state index contributed by atoms with van der Waals surface area (Å²) >= 11 is 0. The molecule has 7 heteroatoms. The first-order valence-corrected chi connectivity index (χ1v) is 7.40. The first-order valence-electron chi connectivity index (χ1n) is 7.40. The van der Waals surface area contributed by atoms with Crippen LogP contribution in [0.1, 0.15) is 10.4 Å². The van der Waals surface area contributed by atoms with E-state index in [2.05, 4.69) is 26.3 Å². The number of nitrogens with zero attached hydrogens (tertiary/aromatic N) is 2. The molecule has 116 valence electrons. The number of rotatable bonds is 1. The second kappa shape index (κ2) is 9.41. The van der Waals surface area contributed by atoms with Gasteiger partial charge in [-0.05, 0) is 12.1 Å². The number of hydrogen-bond acceptors (Lipinski definition) is 6. The Bertz CT molecular complexity index is 399. The molecule has 1 aromatic rings. The second-order valence-electron chi connectivity index (χ2n) is 4.90. The van der Waals surface area contributed by atoms with Crippen molar-refractivity contribution < 1.29 is 4.79 Å². The Morgan fingerprint density at radius 3 is 2.05 bits per heavy atom. The molecule has 0 saturated carbocycles. The Balaban J connectivity index is 1.91. The number of hydrogen-bond donors (Lipinski definition) is 4. The van der Waals surface area contributed by atoms with Crippen molar-refractivity contribution in [1.82, 2.24) is 31.2 Å². The fraction of sp³-hybridized carbons (Fsp3) is 0.571. The van der Waals surface area contributed by atoms with Crippen molar-refractivity contribution in [2.75, 3.05) is 52.6 Å². The van der Waals surface area contributed by atoms with Crippen LogP contribution in [0.3, 0.4) is 0 Å². The highest BCUT2D eigenvalue weighted by molar-refractivity contribution is 5.93. The maximum absolute atomic E-state index is 12.5. The number of amides is 1. The summed E-state index contributed by atoms with van der Waals surface area (Å²) in [7, 11) is 0. The lowest BCUT2D eigenvalue weighted by Crippen LogP contribution is -2.46. The van der Waals surface area contributed by atoms with E-state index >= 15 is 0 Å². The first-order chi connectivity index (χ1) is 10.4. The number of carbonyl (C=O) groups excluding carboxylic acids is 1. The van der Waals surface area contributed by atoms with Gasteiger partial charge in [-0.2, -0.15) is 0 Å². The normalized spacial score (nSPS) is 19.1. The first kappa shape index (κ1) is 15.8. The van der Waals surface area contributed by atoms with Crippen LogP contribution in [-0.4, -0.2) is 68.4 Å². The molecule has 1 saturated heterocycles. The summed E-state index contributed by atoms with van der Waals surface area (Å²) in [6.45, 7) is 6.41. The zero-order valence-corrected chi connectivity index (χ0v) is 12.3. The topological polar surface area (TPSA) is 81.3 Å². The number of carbonyl (C=O) groups is 1. The van der Waals surface area contributed by atoms with Crippen LogP contribution in [0.15, 0.2) is 24.5 Å². The van der Waals surface area contributed by atoms with Gasteiger partial charge < -0.3 is 15.5 Å². The molecular formula is C14H24N6O. The van der Waals surface area contributed by atoms with Crippen LogP contribution < -0.4 is 21.3 Å². The minimum absolute atomic E-state index is 0.0149. The second-order valence-corrected chi connectivity index (χ2v) is 4.90. The highest BCUT2D eigenvalue weighted by atomic mass is 16.2. The molecule has 0 aliphatic carbocycles. The van der Waals surface area contributed by atoms with Gasteiger partial charge in [0.1, 0.15) is 0 Å². The van der Waals surface area contributed by atoms with Crippen molar-refractivity contribution in [3.05, 3.63) is 30.1 Å². The average Bonchev–Trinajstić information content (AvgIpc) is 2.56. The van der Waals surface area contributed by atoms with Gasteiger partial charge >= 0.3 is 0 Å². The van der Waals surface area contributed by atoms with Crippen LogP contribution in [0.2, 0.25) is 0 Å². The summed E-state index contributed by atoms with van der Waals surface area (Å²) in [4.78, 5) is 18.2. The van der Waals surface area contributed by atoms with E-state index in [1.807, 2.05) is 0 Å². The van der Waals surface area contributed by atoms with Crippen LogP contribution in [0.5, 0.6) is 0 Å². The molecule has 2 rings (SSSR count). The Kier molecular flexibility index (Phi) is 7.10. The van der Waals surface area contributed by atoms with E-state index in [1.54, 1.807) is 29.4 Å². The highest BCUT2D eigenvalue weighted by Crippen LogP contribution is 2.01. The lowest BCUT2D eigenvalue weighted by molar-refractivity contribution is 0.0728. The molecular weight excluding hydrogens is 268 g/mol. The third kappa shape index (κ3) is 5.76. The molecule has 1 fully saturated rings. The van der Waals surface area contributed by atoms with Crippen LogP contribution >= 0.6 is 0 Å². The molecule has 1 aliphatic rings. The lowest BCUT2D eigenvalue weighted by Gasteiger charge is -2.23. The summed E-state index contributed by atoms with van der Waals surface area (Å²) in [6.07, 6.45) is 3.27. The SMILES string of the molecule is O=C(c1cccnc1)N1CNCCNCCNCCNC1. The molecule has 4 N–H and O–H groups in total. The third-order valence-electron chi connectivity index (χ3n) is 3.24. The van der Waals surface area contributed by atoms with E-state index < -0.39 is 0 Å². The van der Waals surface area contributed by atoms with Gasteiger partial charge in [0, 0.05) is 51.7 Å². The molecule has 0 radical (unpaired) electrons. The molecule has 21 heavy (non-hydrogen) atoms. The third-order valence-corrected chi connectivity index (χ3v) is 3.24. The predicted molar refractivity (Wildman–Crippen MR) is 81.9 cm³/mol. The zero-order chi connectivity index (χ0) is 14.8. The van der Waals surface area contributed by atoms with Gasteiger partial charge in [0.15, 0.2) is 0 Å². The summed E-state index contributed by atoms with van der Waals surface area (Å²) < 4.78 is 0. The monoisotopic (exact) mass is 292 g/mol. The average molecular weight is 292 g/mol. The van der Waals surface area contributed by atoms with E-state index in [1.165, 1.54) is 0 Å². The van der Waals surface area contributed by atoms with E-state index in [0.717, 1.165) is 39.3 Å². The van der Waals surface area contributed by atoms with Gasteiger partial charge in [-0.3, -0.25) is 20.4 Å². The molecule has 0 aromatic carbocycles. The predicted octanol–water partition coefficient (Wildman–Crippen LogP) is -1.19. The van der Waals surface area contributed by atoms with Crippen molar-refractivity contribution in [3.8, 4) is 0 Å². The van der Waals surface area contributed by atoms with E-state index in [0.29, 0.717) is 18.9 Å². The molecule has 1 aliphatic heterocycles. The molecule has 0 atom stereocenters. The molecule has 0 bridgehead atoms. The summed E-state index contributed by atoms with van der Waals surface area (Å²) in [6, 6.07) is 3.57. The van der Waals surface area contributed by atoms with Gasteiger partial charge in [-0.15, -0.1) is 0 Å². The summed E-state index contributed by atoms with van der Waals surface area (Å²) in [5.41, 5.74) is 0.613. The molecule has 0 unspecified atom stereocenters. The molecule has 1 aromatic heterocycles. The molecule has 1 amide bonds. The van der Waals surface area contributed by atoms with Gasteiger partial charge in [-0.25, -0.2) is 0 Å². The maximum atomic E-state index is 12.5. The Morgan fingerprint density at radius 1 is 0.952 bits per heavy atom. The molecule has 2 heterocycles. The van der Waals surface area contributed by atoms with Crippen molar-refractivity contribution in [3.63, 3.8) is 0 Å². The van der Waals surface area contributed by atoms with Crippen molar-refractivity contribution in [1.29, 1.82) is 0 Å². The molecule has 7 nitrogen and oxygen atoms in total. The van der Waals surface area contributed by atoms with Gasteiger partial charge in [0.05, 0.1) is 18.9 Å². The zero-order valence-electron chi connectivity index (χ0n) is 12.3. The Morgan fingerprint density at radius 2 is 1.52 bits per heavy atom. The molecule has 0 spiro atoms. The van der Waals surface area contributed by atoms with Crippen LogP contribution in [0, 0.1) is 0 Å². The van der Waals surface area contributed by atoms with Crippen molar-refractivity contribution >= 4 is 5.91 Å². The minimum atomic E-state index is -0.0149. The quantitative estimate of drug-likeness (QED) is 0.521. The number of pyridine rings is 1. The van der Waals surface area contributed by atoms with Gasteiger partial charge in [-0.1, -0.05) is 0 Å². The van der Waals surface area contributed by atoms with Crippen molar-refractivity contribution in [2.24, 2.45) is 0 Å². The number of nitrogens with one attached hydrogen (secondary N) is 4. The standard InChI is InChI=1S/C14H24N6O/c21-14(13-2-1-3-17-10-13)20-11-18-8-6-15-4-5-16-7-9-19-12-20/h1-3,10,15-16,18-19H,4-9,11-12H2. The van der Waals surface area contributed by atoms with E-state index in [9.17, 15) is 4.79 Å². The minimum Gasteiger partial charge on any atom is -0.314 e. The smallest absolute Gasteiger partial charge is 0.257 e. The highest BCUT2D eigenvalue weighted by Gasteiger charge is 2.14. The van der Waals surface area contributed by atoms with Crippen LogP contribution in [-0.2, 0) is 0 Å². The van der Waals surface area contributed by atoms with Crippen LogP contribution in [0.4, 0.5) is 0 Å². The fourth-order valence-corrected chi connectivity index (χ4v) is 2.08. The Hall–Kier alpha value is -1.54.